The van der Waals surface area contributed by atoms with E-state index in [1.165, 1.54) is 24.3 Å². The zero-order chi connectivity index (χ0) is 20.8. The molecule has 0 fully saturated rings. The molecule has 0 atom stereocenters. The Morgan fingerprint density at radius 1 is 1.14 bits per heavy atom. The Hall–Kier alpha value is -2.63. The summed E-state index contributed by atoms with van der Waals surface area (Å²) in [7, 11) is 1.57. The molecule has 0 spiro atoms. The highest BCUT2D eigenvalue weighted by Gasteiger charge is 2.08. The second-order valence-electron chi connectivity index (χ2n) is 6.14. The molecule has 0 unspecified atom stereocenters. The summed E-state index contributed by atoms with van der Waals surface area (Å²) in [6.07, 6.45) is 3.26. The van der Waals surface area contributed by atoms with Gasteiger partial charge in [0, 0.05) is 21.7 Å². The second kappa shape index (κ2) is 9.72. The smallest absolute Gasteiger partial charge is 0.185 e. The molecule has 0 bridgehead atoms. The van der Waals surface area contributed by atoms with Gasteiger partial charge in [-0.3, -0.25) is 4.79 Å². The van der Waals surface area contributed by atoms with E-state index in [0.29, 0.717) is 17.1 Å². The number of ketones is 1. The first-order chi connectivity index (χ1) is 14.0. The number of rotatable bonds is 7. The van der Waals surface area contributed by atoms with E-state index >= 15 is 0 Å². The SMILES string of the molecule is COc1ccc(/C=C/C(=O)c2cccc(Br)c2)cc1COc1ccc(F)c(Cl)c1. The first-order valence-electron chi connectivity index (χ1n) is 8.69. The van der Waals surface area contributed by atoms with E-state index in [-0.39, 0.29) is 17.4 Å². The van der Waals surface area contributed by atoms with Crippen molar-refractivity contribution in [1.82, 2.24) is 0 Å². The number of halogens is 3. The molecule has 29 heavy (non-hydrogen) atoms. The van der Waals surface area contributed by atoms with Crippen LogP contribution in [0.25, 0.3) is 6.08 Å². The van der Waals surface area contributed by atoms with Gasteiger partial charge in [-0.05, 0) is 48.0 Å². The van der Waals surface area contributed by atoms with Crippen LogP contribution in [0.4, 0.5) is 4.39 Å². The van der Waals surface area contributed by atoms with Gasteiger partial charge in [-0.1, -0.05) is 51.8 Å². The molecule has 3 aromatic rings. The van der Waals surface area contributed by atoms with Crippen molar-refractivity contribution in [3.05, 3.63) is 98.7 Å². The van der Waals surface area contributed by atoms with Gasteiger partial charge in [-0.25, -0.2) is 4.39 Å². The maximum absolute atomic E-state index is 13.3. The van der Waals surface area contributed by atoms with Gasteiger partial charge in [0.15, 0.2) is 5.78 Å². The van der Waals surface area contributed by atoms with Gasteiger partial charge in [0.2, 0.25) is 0 Å². The number of hydrogen-bond acceptors (Lipinski definition) is 3. The normalized spacial score (nSPS) is 10.9. The molecule has 0 saturated heterocycles. The molecule has 0 aliphatic heterocycles. The predicted molar refractivity (Wildman–Crippen MR) is 116 cm³/mol. The highest BCUT2D eigenvalue weighted by molar-refractivity contribution is 9.10. The van der Waals surface area contributed by atoms with Crippen LogP contribution in [0.2, 0.25) is 5.02 Å². The van der Waals surface area contributed by atoms with Crippen LogP contribution in [0.15, 0.2) is 71.2 Å². The van der Waals surface area contributed by atoms with Crippen LogP contribution in [-0.2, 0) is 6.61 Å². The Morgan fingerprint density at radius 3 is 2.69 bits per heavy atom. The Morgan fingerprint density at radius 2 is 1.97 bits per heavy atom. The fourth-order valence-electron chi connectivity index (χ4n) is 2.65. The topological polar surface area (TPSA) is 35.5 Å². The Kier molecular flexibility index (Phi) is 7.07. The van der Waals surface area contributed by atoms with Crippen LogP contribution in [0.1, 0.15) is 21.5 Å². The Labute approximate surface area is 181 Å². The zero-order valence-corrected chi connectivity index (χ0v) is 17.8. The number of carbonyl (C=O) groups is 1. The molecule has 0 aromatic heterocycles. The number of benzene rings is 3. The molecule has 0 radical (unpaired) electrons. The second-order valence-corrected chi connectivity index (χ2v) is 7.47. The lowest BCUT2D eigenvalue weighted by Crippen LogP contribution is -2.00. The molecule has 0 heterocycles. The van der Waals surface area contributed by atoms with Crippen molar-refractivity contribution < 1.29 is 18.7 Å². The van der Waals surface area contributed by atoms with Crippen LogP contribution < -0.4 is 9.47 Å². The fourth-order valence-corrected chi connectivity index (χ4v) is 3.22. The van der Waals surface area contributed by atoms with Crippen LogP contribution in [-0.4, -0.2) is 12.9 Å². The maximum atomic E-state index is 13.3. The lowest BCUT2D eigenvalue weighted by Gasteiger charge is -2.11. The molecule has 0 N–H and O–H groups in total. The summed E-state index contributed by atoms with van der Waals surface area (Å²) < 4.78 is 25.2. The number of ether oxygens (including phenoxy) is 2. The third-order valence-electron chi connectivity index (χ3n) is 4.13. The number of allylic oxidation sites excluding steroid dienone is 1. The minimum Gasteiger partial charge on any atom is -0.496 e. The van der Waals surface area contributed by atoms with Gasteiger partial charge in [0.1, 0.15) is 23.9 Å². The van der Waals surface area contributed by atoms with Gasteiger partial charge in [-0.15, -0.1) is 0 Å². The zero-order valence-electron chi connectivity index (χ0n) is 15.5. The molecular formula is C23H17BrClFO3. The summed E-state index contributed by atoms with van der Waals surface area (Å²) in [5, 5.41) is -0.00258. The van der Waals surface area contributed by atoms with E-state index in [0.717, 1.165) is 15.6 Å². The van der Waals surface area contributed by atoms with Crippen molar-refractivity contribution in [3.8, 4) is 11.5 Å². The Balaban J connectivity index is 1.75. The Bertz CT molecular complexity index is 1070. The first-order valence-corrected chi connectivity index (χ1v) is 9.86. The van der Waals surface area contributed by atoms with Crippen LogP contribution >= 0.6 is 27.5 Å². The largest absolute Gasteiger partial charge is 0.496 e. The van der Waals surface area contributed by atoms with Crippen LogP contribution in [0.3, 0.4) is 0 Å². The molecule has 0 aliphatic rings. The molecule has 0 saturated carbocycles. The van der Waals surface area contributed by atoms with Gasteiger partial charge in [0.05, 0.1) is 12.1 Å². The van der Waals surface area contributed by atoms with E-state index in [2.05, 4.69) is 15.9 Å². The minimum absolute atomic E-state index is 0.00258. The lowest BCUT2D eigenvalue weighted by atomic mass is 10.1. The summed E-state index contributed by atoms with van der Waals surface area (Å²) >= 11 is 9.15. The minimum atomic E-state index is -0.501. The number of methoxy groups -OCH3 is 1. The van der Waals surface area contributed by atoms with E-state index in [9.17, 15) is 9.18 Å². The average molecular weight is 476 g/mol. The molecular weight excluding hydrogens is 459 g/mol. The van der Waals surface area contributed by atoms with Crippen LogP contribution in [0.5, 0.6) is 11.5 Å². The molecule has 3 nitrogen and oxygen atoms in total. The van der Waals surface area contributed by atoms with Gasteiger partial charge in [0.25, 0.3) is 0 Å². The average Bonchev–Trinajstić information content (AvgIpc) is 2.73. The third kappa shape index (κ3) is 5.68. The van der Waals surface area contributed by atoms with Gasteiger partial charge >= 0.3 is 0 Å². The summed E-state index contributed by atoms with van der Waals surface area (Å²) in [5.41, 5.74) is 2.20. The molecule has 0 amide bonds. The highest BCUT2D eigenvalue weighted by atomic mass is 79.9. The van der Waals surface area contributed by atoms with E-state index < -0.39 is 5.82 Å². The van der Waals surface area contributed by atoms with Crippen molar-refractivity contribution >= 4 is 39.4 Å². The fraction of sp³-hybridized carbons (Fsp3) is 0.0870. The van der Waals surface area contributed by atoms with Gasteiger partial charge < -0.3 is 9.47 Å². The molecule has 3 rings (SSSR count). The molecule has 6 heteroatoms. The monoisotopic (exact) mass is 474 g/mol. The van der Waals surface area contributed by atoms with Crippen molar-refractivity contribution in [3.63, 3.8) is 0 Å². The quantitative estimate of drug-likeness (QED) is 0.281. The number of hydrogen-bond donors (Lipinski definition) is 0. The summed E-state index contributed by atoms with van der Waals surface area (Å²) in [5.74, 6) is 0.498. The third-order valence-corrected chi connectivity index (χ3v) is 4.91. The van der Waals surface area contributed by atoms with E-state index in [1.54, 1.807) is 31.4 Å². The van der Waals surface area contributed by atoms with Crippen molar-refractivity contribution in [2.75, 3.05) is 7.11 Å². The summed E-state index contributed by atoms with van der Waals surface area (Å²) in [6, 6.07) is 16.9. The predicted octanol–water partition coefficient (Wildman–Crippen LogP) is 6.73. The molecule has 148 valence electrons. The lowest BCUT2D eigenvalue weighted by molar-refractivity contribution is 0.104. The van der Waals surface area contributed by atoms with Crippen molar-refractivity contribution in [1.29, 1.82) is 0 Å². The van der Waals surface area contributed by atoms with Crippen molar-refractivity contribution in [2.45, 2.75) is 6.61 Å². The maximum Gasteiger partial charge on any atom is 0.185 e. The van der Waals surface area contributed by atoms with Gasteiger partial charge in [-0.2, -0.15) is 0 Å². The van der Waals surface area contributed by atoms with Crippen LogP contribution in [0, 0.1) is 5.82 Å². The first kappa shape index (κ1) is 21.1. The van der Waals surface area contributed by atoms with E-state index in [4.69, 9.17) is 21.1 Å². The summed E-state index contributed by atoms with van der Waals surface area (Å²) in [6.45, 7) is 0.201. The van der Waals surface area contributed by atoms with Crippen molar-refractivity contribution in [2.24, 2.45) is 0 Å². The highest BCUT2D eigenvalue weighted by Crippen LogP contribution is 2.25. The molecule has 0 aliphatic carbocycles. The van der Waals surface area contributed by atoms with E-state index in [1.807, 2.05) is 24.3 Å². The molecule has 3 aromatic carbocycles. The summed E-state index contributed by atoms with van der Waals surface area (Å²) in [4.78, 5) is 12.3. The standard InChI is InChI=1S/C23H17BrClFO3/c1-28-23-10-6-15(5-9-22(27)16-3-2-4-18(24)12-16)11-17(23)14-29-19-7-8-21(26)20(25)13-19/h2-13H,14H2,1H3/b9-5+. The number of carbonyl (C=O) groups excluding carboxylic acids is 1.